The number of benzene rings is 11. The Labute approximate surface area is 878 Å². The number of rotatable bonds is 31. The summed E-state index contributed by atoms with van der Waals surface area (Å²) in [4.78, 5) is 21.9. The number of nitrogens with two attached hydrogens (primary N) is 2. The van der Waals surface area contributed by atoms with Crippen LogP contribution in [0, 0.1) is 0 Å². The summed E-state index contributed by atoms with van der Waals surface area (Å²) in [6.45, 7) is 3.53. The van der Waals surface area contributed by atoms with Crippen LogP contribution >= 0.6 is 97.9 Å². The third kappa shape index (κ3) is 50.7. The Balaban J connectivity index is 0. The SMILES string of the molecule is C.N.NS(=O)(=O)c1ccc(CBr)cc1.O=CO[O-].O=S(=O)(Cl)c1ccc(CBr)cc1.O=S(=O)(N=Cc1ccccc1)c1ccc(CBr)cc1.O=S(=O)(N=Cc1ccccc1)c1ccc(CBr)cc1.O=S=O.[H-].[K+].[K+].[N-]=[N+]=NS(=O)(=O)c1ccc(CNCCSc2ccccc2)cc1.[N-]=[N+]=Nc1ccc(CN(CCSc2ccccc2)Cc2ccc(S(N)(=O)=O)cc2)cc1. The fourth-order valence-electron chi connectivity index (χ4n) is 9.38. The molecule has 0 fully saturated rings. The van der Waals surface area contributed by atoms with Gasteiger partial charge in [-0.2, -0.15) is 34.0 Å². The number of carbonyl (C=O) groups excluding carboxylic acids is 1. The molecule has 0 aliphatic carbocycles. The van der Waals surface area contributed by atoms with Gasteiger partial charge in [0.25, 0.3) is 45.6 Å². The Kier molecular flexibility index (Phi) is 63.7. The fourth-order valence-corrected chi connectivity index (χ4v) is 16.8. The third-order valence-electron chi connectivity index (χ3n) is 15.4. The number of thioether (sulfide) groups is 2. The molecular weight excluding hydrogens is 2150 g/mol. The molecule has 0 aromatic heterocycles. The summed E-state index contributed by atoms with van der Waals surface area (Å²) in [6, 6.07) is 85.3. The summed E-state index contributed by atoms with van der Waals surface area (Å²) in [7, 11) is -16.9. The van der Waals surface area contributed by atoms with Crippen molar-refractivity contribution in [3.63, 3.8) is 0 Å². The molecule has 0 unspecified atom stereocenters. The molecule has 0 saturated carbocycles. The Hall–Kier alpha value is -5.69. The predicted octanol–water partition coefficient (Wildman–Crippen LogP) is 11.8. The summed E-state index contributed by atoms with van der Waals surface area (Å²) >= 11 is 16.0. The van der Waals surface area contributed by atoms with Crippen LogP contribution < -0.4 is 130 Å². The van der Waals surface area contributed by atoms with Crippen LogP contribution in [0.4, 0.5) is 5.69 Å². The average Bonchev–Trinajstić information content (AvgIpc) is 0.823. The minimum atomic E-state index is -3.90. The van der Waals surface area contributed by atoms with Crippen LogP contribution in [0.15, 0.2) is 349 Å². The van der Waals surface area contributed by atoms with E-state index in [2.05, 4.69) is 131 Å². The fraction of sp³-hybridized carbons (Fsp3) is 0.148. The molecule has 127 heavy (non-hydrogen) atoms. The van der Waals surface area contributed by atoms with Gasteiger partial charge in [-0.05, 0) is 158 Å². The maximum Gasteiger partial charge on any atom is 1.00 e. The predicted molar refractivity (Wildman–Crippen MR) is 508 cm³/mol. The summed E-state index contributed by atoms with van der Waals surface area (Å²) in [5, 5.41) is 28.2. The molecule has 0 aliphatic rings. The van der Waals surface area contributed by atoms with Gasteiger partial charge in [-0.3, -0.25) is 9.69 Å². The molecular formula is C81H86Br4ClK2N13O17S9. The molecule has 0 heterocycles. The number of primary sulfonamides is 2. The summed E-state index contributed by atoms with van der Waals surface area (Å²) in [5.74, 6) is 1.86. The third-order valence-corrected chi connectivity index (χ3v) is 26.9. The van der Waals surface area contributed by atoms with Crippen LogP contribution in [0.25, 0.3) is 20.9 Å². The van der Waals surface area contributed by atoms with Gasteiger partial charge in [-0.15, -0.1) is 23.5 Å². The van der Waals surface area contributed by atoms with Crippen molar-refractivity contribution in [1.29, 1.82) is 0 Å². The summed E-state index contributed by atoms with van der Waals surface area (Å²) < 4.78 is 164. The van der Waals surface area contributed by atoms with Crippen LogP contribution in [0.2, 0.25) is 0 Å². The quantitative estimate of drug-likeness (QED) is 0.00255. The van der Waals surface area contributed by atoms with Crippen LogP contribution in [0.1, 0.15) is 58.9 Å². The van der Waals surface area contributed by atoms with Crippen molar-refractivity contribution in [1.82, 2.24) is 16.4 Å². The number of hydrogen-bond acceptors (Lipinski definition) is 23. The average molecular weight is 2240 g/mol. The second kappa shape index (κ2) is 66.6. The number of alkyl halides is 4. The van der Waals surface area contributed by atoms with Crippen molar-refractivity contribution in [2.75, 3.05) is 24.6 Å². The first-order chi connectivity index (χ1) is 58.7. The molecule has 0 aliphatic heterocycles. The van der Waals surface area contributed by atoms with E-state index in [-0.39, 0.29) is 154 Å². The first-order valence-corrected chi connectivity index (χ1v) is 51.9. The van der Waals surface area contributed by atoms with Crippen molar-refractivity contribution in [2.45, 2.75) is 87.5 Å². The normalized spacial score (nSPS) is 10.7. The Morgan fingerprint density at radius 1 is 0.441 bits per heavy atom. The molecule has 668 valence electrons. The van der Waals surface area contributed by atoms with E-state index in [1.54, 1.807) is 157 Å². The standard InChI is InChI=1S/C22H23N5O2S2.C15H16N4O2S2.2C14H12BrNO2S.C7H6BrClO2S.C7H8BrNO2S.CH2O3.CH4.2K.H3N.O2S.H/c23-26-25-20-10-6-18(7-11-20)16-27(14-15-30-21-4-2-1-3-5-21)17-19-8-12-22(13-9-19)31(24,28)29;16-18-19-23(20,21)15-8-6-13(7-9-15)12-17-10-11-22-14-4-2-1-3-5-14;2*15-10-12-6-8-14(9-7-12)19(17,18)16-11-13-4-2-1-3-5-13;2*8-5-6-1-3-7(4-2-6)12(9,10)11;2-1-4-3;;;;;1-3-2;/h1-13H,14-17H2,(H2,24,28,29);1-9,17H,10-12H2;2*1-9,11H,10H2;1-4H,5H2;1-4H,5H2,(H2,9,10,11);1,3H;1H4;;;1H3;;/q;;;;;;;;2*+1;;;-1/p-1. The first-order valence-electron chi connectivity index (χ1n) is 35.1. The molecule has 0 spiro atoms. The first kappa shape index (κ1) is 121. The van der Waals surface area contributed by atoms with E-state index in [1.165, 1.54) is 70.8 Å². The van der Waals surface area contributed by atoms with Crippen molar-refractivity contribution in [3.8, 4) is 0 Å². The van der Waals surface area contributed by atoms with Crippen LogP contribution in [-0.2, 0) is 121 Å². The topological polar surface area (TPSA) is 513 Å². The molecule has 30 nitrogen and oxygen atoms in total. The van der Waals surface area contributed by atoms with Crippen molar-refractivity contribution >= 4 is 193 Å². The van der Waals surface area contributed by atoms with E-state index in [0.29, 0.717) is 46.6 Å². The number of hydrogen-bond donors (Lipinski definition) is 4. The number of nitrogens with zero attached hydrogens (tertiary/aromatic N) is 9. The van der Waals surface area contributed by atoms with Gasteiger partial charge >= 0.3 is 114 Å². The molecule has 0 bridgehead atoms. The molecule has 8 N–H and O–H groups in total. The molecule has 0 amide bonds. The molecule has 0 radical (unpaired) electrons. The second-order valence-electron chi connectivity index (χ2n) is 24.1. The zero-order chi connectivity index (χ0) is 90.6. The number of azide groups is 2. The minimum absolute atomic E-state index is 0. The van der Waals surface area contributed by atoms with Gasteiger partial charge in [-0.1, -0.05) is 270 Å². The van der Waals surface area contributed by atoms with E-state index < -0.39 is 70.7 Å². The van der Waals surface area contributed by atoms with Gasteiger partial charge in [-0.25, -0.2) is 43.9 Å². The van der Waals surface area contributed by atoms with Crippen molar-refractivity contribution in [2.24, 2.45) is 28.7 Å². The zero-order valence-electron chi connectivity index (χ0n) is 68.1. The molecule has 0 saturated heterocycles. The number of halogens is 5. The van der Waals surface area contributed by atoms with Gasteiger partial charge in [0.2, 0.25) is 20.0 Å². The Bertz CT molecular complexity index is 5800. The van der Waals surface area contributed by atoms with E-state index in [1.807, 2.05) is 84.9 Å². The van der Waals surface area contributed by atoms with Crippen molar-refractivity contribution in [3.05, 3.63) is 362 Å². The monoisotopic (exact) mass is 2230 g/mol. The maximum absolute atomic E-state index is 12.0. The smallest absolute Gasteiger partial charge is 1.00 e. The summed E-state index contributed by atoms with van der Waals surface area (Å²) in [5.41, 5.74) is 26.0. The second-order valence-corrected chi connectivity index (χ2v) is 39.4. The Morgan fingerprint density at radius 2 is 0.732 bits per heavy atom. The van der Waals surface area contributed by atoms with E-state index in [4.69, 9.17) is 50.5 Å². The van der Waals surface area contributed by atoms with Crippen LogP contribution in [0.5, 0.6) is 0 Å². The van der Waals surface area contributed by atoms with Crippen molar-refractivity contribution < 1.29 is 178 Å². The van der Waals surface area contributed by atoms with Gasteiger partial charge in [0.15, 0.2) is 0 Å². The number of nitrogens with one attached hydrogen (secondary N) is 1. The van der Waals surface area contributed by atoms with Crippen LogP contribution in [0.3, 0.4) is 0 Å². The zero-order valence-corrected chi connectivity index (χ0v) is 87.8. The molecule has 46 heteroatoms. The number of carbonyl (C=O) groups is 1. The molecule has 11 aromatic carbocycles. The van der Waals surface area contributed by atoms with E-state index >= 15 is 0 Å². The largest absolute Gasteiger partial charge is 1.00 e. The maximum atomic E-state index is 12.0. The summed E-state index contributed by atoms with van der Waals surface area (Å²) in [6.07, 6.45) is 2.71. The van der Waals surface area contributed by atoms with E-state index in [0.717, 1.165) is 74.7 Å². The van der Waals surface area contributed by atoms with Gasteiger partial charge < -0.3 is 23.0 Å². The van der Waals surface area contributed by atoms with Gasteiger partial charge in [0.1, 0.15) is 0 Å². The van der Waals surface area contributed by atoms with Gasteiger partial charge in [0.05, 0.1) is 29.4 Å². The molecule has 11 rings (SSSR count). The number of sulfonamides is 5. The van der Waals surface area contributed by atoms with Gasteiger partial charge in [0, 0.05) is 118 Å². The minimum Gasteiger partial charge on any atom is -1.00 e. The molecule has 0 atom stereocenters. The molecule has 11 aromatic rings. The Morgan fingerprint density at radius 3 is 1.04 bits per heavy atom. The van der Waals surface area contributed by atoms with Crippen LogP contribution in [-0.4, -0.2) is 107 Å². The van der Waals surface area contributed by atoms with E-state index in [9.17, 15) is 50.5 Å².